The minimum Gasteiger partial charge on any atom is -0.365 e. The minimum atomic E-state index is -0.522. The predicted octanol–water partition coefficient (Wildman–Crippen LogP) is 1.83. The molecule has 1 fully saturated rings. The molecule has 0 spiro atoms. The van der Waals surface area contributed by atoms with E-state index < -0.39 is 11.8 Å². The summed E-state index contributed by atoms with van der Waals surface area (Å²) in [7, 11) is 2.02. The molecule has 1 unspecified atom stereocenters. The topological polar surface area (TPSA) is 95.7 Å². The van der Waals surface area contributed by atoms with Crippen LogP contribution in [0.1, 0.15) is 27.2 Å². The van der Waals surface area contributed by atoms with E-state index >= 15 is 0 Å². The Morgan fingerprint density at radius 1 is 1.25 bits per heavy atom. The fraction of sp³-hybridized carbons (Fsp3) is 0.350. The maximum absolute atomic E-state index is 12.8. The second-order valence-corrected chi connectivity index (χ2v) is 8.40. The Morgan fingerprint density at radius 2 is 2.00 bits per heavy atom. The third-order valence-electron chi connectivity index (χ3n) is 5.29. The first kappa shape index (κ1) is 18.6. The molecule has 8 heteroatoms. The summed E-state index contributed by atoms with van der Waals surface area (Å²) >= 11 is 1.41. The number of para-hydroxylation sites is 1. The molecule has 1 aromatic carbocycles. The van der Waals surface area contributed by atoms with Crippen LogP contribution in [-0.2, 0) is 22.6 Å². The Hall–Kier alpha value is -2.71. The quantitative estimate of drug-likeness (QED) is 0.821. The number of nitrogens with two attached hydrogens (primary N) is 1. The molecule has 1 saturated heterocycles. The monoisotopic (exact) mass is 398 g/mol. The average molecular weight is 398 g/mol. The fourth-order valence-corrected chi connectivity index (χ4v) is 5.17. The van der Waals surface area contributed by atoms with Crippen LogP contribution in [0.25, 0.3) is 0 Å². The number of thiophene rings is 1. The molecule has 0 saturated carbocycles. The van der Waals surface area contributed by atoms with Gasteiger partial charge in [0.05, 0.1) is 11.5 Å². The Morgan fingerprint density at radius 3 is 2.71 bits per heavy atom. The fourth-order valence-electron chi connectivity index (χ4n) is 3.83. The number of hydrogen-bond acceptors (Lipinski definition) is 5. The normalized spacial score (nSPS) is 19.5. The van der Waals surface area contributed by atoms with Gasteiger partial charge in [0, 0.05) is 36.6 Å². The Balaban J connectivity index is 1.53. The van der Waals surface area contributed by atoms with Crippen molar-refractivity contribution in [2.45, 2.75) is 19.4 Å². The number of likely N-dealkylation sites (N-methyl/N-ethyl adjacent to an activating group) is 1. The van der Waals surface area contributed by atoms with Crippen molar-refractivity contribution in [2.24, 2.45) is 11.7 Å². The number of carbonyl (C=O) groups is 3. The van der Waals surface area contributed by atoms with Gasteiger partial charge in [-0.1, -0.05) is 18.2 Å². The number of nitrogens with one attached hydrogen (secondary N) is 1. The van der Waals surface area contributed by atoms with Gasteiger partial charge in [-0.15, -0.1) is 11.3 Å². The lowest BCUT2D eigenvalue weighted by Crippen LogP contribution is -2.29. The molecule has 0 bridgehead atoms. The molecule has 3 N–H and O–H groups in total. The maximum atomic E-state index is 12.8. The molecule has 1 aromatic heterocycles. The van der Waals surface area contributed by atoms with Gasteiger partial charge >= 0.3 is 0 Å². The second kappa shape index (κ2) is 7.37. The summed E-state index contributed by atoms with van der Waals surface area (Å²) in [6.07, 6.45) is 0.890. The van der Waals surface area contributed by atoms with Crippen molar-refractivity contribution < 1.29 is 14.4 Å². The molecule has 3 amide bonds. The first-order chi connectivity index (χ1) is 13.4. The van der Waals surface area contributed by atoms with Crippen LogP contribution in [0.4, 0.5) is 10.7 Å². The summed E-state index contributed by atoms with van der Waals surface area (Å²) in [6, 6.07) is 9.32. The second-order valence-electron chi connectivity index (χ2n) is 7.29. The highest BCUT2D eigenvalue weighted by atomic mass is 32.1. The van der Waals surface area contributed by atoms with E-state index in [1.807, 2.05) is 37.4 Å². The molecule has 2 aliphatic heterocycles. The summed E-state index contributed by atoms with van der Waals surface area (Å²) in [5.74, 6) is -1.31. The number of hydrogen-bond donors (Lipinski definition) is 2. The molecule has 3 heterocycles. The Kier molecular flexibility index (Phi) is 4.91. The molecule has 0 radical (unpaired) electrons. The molecule has 0 aliphatic carbocycles. The standard InChI is InChI=1S/C20H22N4O3S/c1-23-8-7-14-15(11-23)28-20(17(14)18(21)26)22-19(27)12-9-16(25)24(10-12)13-5-3-2-4-6-13/h2-6,12H,7-11H2,1H3,(H2,21,26)(H,22,27). The van der Waals surface area contributed by atoms with Crippen LogP contribution in [0.3, 0.4) is 0 Å². The van der Waals surface area contributed by atoms with Crippen LogP contribution < -0.4 is 16.0 Å². The van der Waals surface area contributed by atoms with Crippen LogP contribution >= 0.6 is 11.3 Å². The summed E-state index contributed by atoms with van der Waals surface area (Å²) < 4.78 is 0. The average Bonchev–Trinajstić information content (AvgIpc) is 3.22. The van der Waals surface area contributed by atoms with Crippen molar-refractivity contribution in [3.8, 4) is 0 Å². The summed E-state index contributed by atoms with van der Waals surface area (Å²) in [4.78, 5) is 42.1. The number of nitrogens with zero attached hydrogens (tertiary/aromatic N) is 2. The van der Waals surface area contributed by atoms with E-state index in [-0.39, 0.29) is 18.2 Å². The number of carbonyl (C=O) groups excluding carboxylic acids is 3. The number of benzene rings is 1. The van der Waals surface area contributed by atoms with Crippen LogP contribution in [0, 0.1) is 5.92 Å². The largest absolute Gasteiger partial charge is 0.365 e. The van der Waals surface area contributed by atoms with E-state index in [1.165, 1.54) is 11.3 Å². The summed E-state index contributed by atoms with van der Waals surface area (Å²) in [6.45, 7) is 1.91. The zero-order valence-electron chi connectivity index (χ0n) is 15.6. The van der Waals surface area contributed by atoms with Gasteiger partial charge in [0.2, 0.25) is 11.8 Å². The number of fused-ring (bicyclic) bond motifs is 1. The van der Waals surface area contributed by atoms with E-state index in [1.54, 1.807) is 4.90 Å². The number of anilines is 2. The third kappa shape index (κ3) is 3.41. The van der Waals surface area contributed by atoms with Crippen molar-refractivity contribution in [3.05, 3.63) is 46.3 Å². The summed E-state index contributed by atoms with van der Waals surface area (Å²) in [5.41, 5.74) is 7.76. The Labute approximate surface area is 167 Å². The maximum Gasteiger partial charge on any atom is 0.251 e. The van der Waals surface area contributed by atoms with E-state index in [0.717, 1.165) is 35.6 Å². The van der Waals surface area contributed by atoms with Crippen molar-refractivity contribution in [3.63, 3.8) is 0 Å². The summed E-state index contributed by atoms with van der Waals surface area (Å²) in [5, 5.41) is 3.38. The van der Waals surface area contributed by atoms with E-state index in [0.29, 0.717) is 17.1 Å². The molecule has 7 nitrogen and oxygen atoms in total. The van der Waals surface area contributed by atoms with Crippen molar-refractivity contribution in [1.82, 2.24) is 4.90 Å². The molecule has 28 heavy (non-hydrogen) atoms. The van der Waals surface area contributed by atoms with Gasteiger partial charge in [0.15, 0.2) is 0 Å². The molecule has 1 atom stereocenters. The Bertz CT molecular complexity index is 940. The van der Waals surface area contributed by atoms with Crippen LogP contribution in [0.15, 0.2) is 30.3 Å². The predicted molar refractivity (Wildman–Crippen MR) is 108 cm³/mol. The van der Waals surface area contributed by atoms with Gasteiger partial charge in [0.25, 0.3) is 5.91 Å². The van der Waals surface area contributed by atoms with Crippen molar-refractivity contribution >= 4 is 39.7 Å². The molecular weight excluding hydrogens is 376 g/mol. The minimum absolute atomic E-state index is 0.0754. The lowest BCUT2D eigenvalue weighted by atomic mass is 10.0. The first-order valence-corrected chi connectivity index (χ1v) is 10.0. The first-order valence-electron chi connectivity index (χ1n) is 9.23. The highest BCUT2D eigenvalue weighted by molar-refractivity contribution is 7.17. The molecule has 2 aliphatic rings. The van der Waals surface area contributed by atoms with Gasteiger partial charge < -0.3 is 20.9 Å². The lowest BCUT2D eigenvalue weighted by Gasteiger charge is -2.22. The van der Waals surface area contributed by atoms with Crippen LogP contribution in [0.2, 0.25) is 0 Å². The van der Waals surface area contributed by atoms with Gasteiger partial charge in [-0.2, -0.15) is 0 Å². The lowest BCUT2D eigenvalue weighted by molar-refractivity contribution is -0.122. The molecule has 4 rings (SSSR count). The highest BCUT2D eigenvalue weighted by Crippen LogP contribution is 2.37. The zero-order valence-corrected chi connectivity index (χ0v) is 16.4. The number of amides is 3. The number of primary amides is 1. The van der Waals surface area contributed by atoms with Gasteiger partial charge in [-0.25, -0.2) is 0 Å². The smallest absolute Gasteiger partial charge is 0.251 e. The van der Waals surface area contributed by atoms with E-state index in [9.17, 15) is 14.4 Å². The molecule has 146 valence electrons. The van der Waals surface area contributed by atoms with Gasteiger partial charge in [0.1, 0.15) is 5.00 Å². The van der Waals surface area contributed by atoms with Crippen LogP contribution in [0.5, 0.6) is 0 Å². The number of rotatable bonds is 4. The van der Waals surface area contributed by atoms with Gasteiger partial charge in [-0.05, 0) is 31.2 Å². The van der Waals surface area contributed by atoms with E-state index in [2.05, 4.69) is 10.2 Å². The zero-order chi connectivity index (χ0) is 19.8. The van der Waals surface area contributed by atoms with Gasteiger partial charge in [-0.3, -0.25) is 14.4 Å². The highest BCUT2D eigenvalue weighted by Gasteiger charge is 2.36. The molecule has 2 aromatic rings. The van der Waals surface area contributed by atoms with E-state index in [4.69, 9.17) is 5.73 Å². The third-order valence-corrected chi connectivity index (χ3v) is 6.43. The van der Waals surface area contributed by atoms with Crippen molar-refractivity contribution in [1.29, 1.82) is 0 Å². The SMILES string of the molecule is CN1CCc2c(sc(NC(=O)C3CC(=O)N(c4ccccc4)C3)c2C(N)=O)C1. The van der Waals surface area contributed by atoms with Crippen molar-refractivity contribution in [2.75, 3.05) is 30.4 Å². The van der Waals surface area contributed by atoms with Crippen LogP contribution in [-0.4, -0.2) is 42.8 Å². The molecular formula is C20H22N4O3S.